The summed E-state index contributed by atoms with van der Waals surface area (Å²) in [4.78, 5) is 0. The van der Waals surface area contributed by atoms with Crippen LogP contribution in [-0.2, 0) is 6.54 Å². The maximum Gasteiger partial charge on any atom is 0.119 e. The molecule has 1 aromatic carbocycles. The van der Waals surface area contributed by atoms with Gasteiger partial charge in [-0.05, 0) is 37.0 Å². The van der Waals surface area contributed by atoms with Crippen LogP contribution < -0.4 is 10.5 Å². The Morgan fingerprint density at radius 1 is 1.33 bits per heavy atom. The first-order valence-corrected chi connectivity index (χ1v) is 5.39. The Morgan fingerprint density at radius 2 is 2.20 bits per heavy atom. The third-order valence-electron chi connectivity index (χ3n) is 2.21. The summed E-state index contributed by atoms with van der Waals surface area (Å²) in [5, 5.41) is 0. The first kappa shape index (κ1) is 11.8. The molecule has 2 nitrogen and oxygen atoms in total. The predicted molar refractivity (Wildman–Crippen MR) is 63.9 cm³/mol. The normalized spacial score (nSPS) is 9.93. The maximum absolute atomic E-state index is 5.61. The highest BCUT2D eigenvalue weighted by Crippen LogP contribution is 2.13. The SMILES string of the molecule is C=CCCCCOc1cccc(CN)c1. The van der Waals surface area contributed by atoms with Gasteiger partial charge < -0.3 is 10.5 Å². The Hall–Kier alpha value is -1.28. The Morgan fingerprint density at radius 3 is 2.93 bits per heavy atom. The van der Waals surface area contributed by atoms with E-state index in [4.69, 9.17) is 10.5 Å². The Kier molecular flexibility index (Phi) is 5.56. The lowest BCUT2D eigenvalue weighted by atomic mass is 10.2. The summed E-state index contributed by atoms with van der Waals surface area (Å²) < 4.78 is 5.61. The van der Waals surface area contributed by atoms with E-state index in [1.54, 1.807) is 0 Å². The molecular formula is C13H19NO. The van der Waals surface area contributed by atoms with Gasteiger partial charge in [0.25, 0.3) is 0 Å². The molecule has 1 aromatic rings. The second-order valence-corrected chi connectivity index (χ2v) is 3.48. The molecule has 0 aromatic heterocycles. The van der Waals surface area contributed by atoms with Crippen molar-refractivity contribution in [3.05, 3.63) is 42.5 Å². The molecule has 0 aliphatic carbocycles. The van der Waals surface area contributed by atoms with Crippen molar-refractivity contribution in [1.82, 2.24) is 0 Å². The molecule has 0 aliphatic heterocycles. The minimum Gasteiger partial charge on any atom is -0.494 e. The summed E-state index contributed by atoms with van der Waals surface area (Å²) in [6, 6.07) is 7.94. The van der Waals surface area contributed by atoms with Crippen LogP contribution in [0.5, 0.6) is 5.75 Å². The van der Waals surface area contributed by atoms with Gasteiger partial charge in [-0.25, -0.2) is 0 Å². The summed E-state index contributed by atoms with van der Waals surface area (Å²) in [6.45, 7) is 5.01. The van der Waals surface area contributed by atoms with Crippen LogP contribution in [0, 0.1) is 0 Å². The molecule has 0 amide bonds. The van der Waals surface area contributed by atoms with Crippen LogP contribution in [-0.4, -0.2) is 6.61 Å². The van der Waals surface area contributed by atoms with Crippen molar-refractivity contribution in [1.29, 1.82) is 0 Å². The van der Waals surface area contributed by atoms with Gasteiger partial charge in [-0.2, -0.15) is 0 Å². The highest BCUT2D eigenvalue weighted by atomic mass is 16.5. The van der Waals surface area contributed by atoms with Crippen LogP contribution in [0.15, 0.2) is 36.9 Å². The van der Waals surface area contributed by atoms with E-state index in [0.717, 1.165) is 37.2 Å². The second-order valence-electron chi connectivity index (χ2n) is 3.48. The lowest BCUT2D eigenvalue weighted by Gasteiger charge is -2.06. The van der Waals surface area contributed by atoms with Crippen molar-refractivity contribution in [3.8, 4) is 5.75 Å². The number of hydrogen-bond donors (Lipinski definition) is 1. The summed E-state index contributed by atoms with van der Waals surface area (Å²) in [5.74, 6) is 0.913. The largest absolute Gasteiger partial charge is 0.494 e. The Balaban J connectivity index is 2.27. The average Bonchev–Trinajstić information content (AvgIpc) is 2.29. The van der Waals surface area contributed by atoms with Crippen molar-refractivity contribution >= 4 is 0 Å². The van der Waals surface area contributed by atoms with Crippen LogP contribution in [0.3, 0.4) is 0 Å². The molecule has 1 rings (SSSR count). The Bertz CT molecular complexity index is 296. The lowest BCUT2D eigenvalue weighted by Crippen LogP contribution is -1.99. The van der Waals surface area contributed by atoms with Crippen molar-refractivity contribution in [2.45, 2.75) is 25.8 Å². The zero-order valence-electron chi connectivity index (χ0n) is 9.11. The van der Waals surface area contributed by atoms with Crippen molar-refractivity contribution in [3.63, 3.8) is 0 Å². The first-order valence-electron chi connectivity index (χ1n) is 5.39. The summed E-state index contributed by atoms with van der Waals surface area (Å²) in [6.07, 6.45) is 5.21. The fourth-order valence-corrected chi connectivity index (χ4v) is 1.34. The molecule has 0 saturated carbocycles. The average molecular weight is 205 g/mol. The van der Waals surface area contributed by atoms with E-state index in [9.17, 15) is 0 Å². The van der Waals surface area contributed by atoms with E-state index in [0.29, 0.717) is 6.54 Å². The predicted octanol–water partition coefficient (Wildman–Crippen LogP) is 2.88. The Labute approximate surface area is 91.7 Å². The number of nitrogens with two attached hydrogens (primary N) is 1. The van der Waals surface area contributed by atoms with Crippen LogP contribution in [0.1, 0.15) is 24.8 Å². The van der Waals surface area contributed by atoms with Crippen molar-refractivity contribution in [2.24, 2.45) is 5.73 Å². The van der Waals surface area contributed by atoms with Crippen LogP contribution in [0.25, 0.3) is 0 Å². The molecule has 0 heterocycles. The molecule has 0 aliphatic rings. The number of unbranched alkanes of at least 4 members (excludes halogenated alkanes) is 2. The lowest BCUT2D eigenvalue weighted by molar-refractivity contribution is 0.307. The zero-order chi connectivity index (χ0) is 10.9. The molecule has 0 saturated heterocycles. The maximum atomic E-state index is 5.61. The molecule has 0 radical (unpaired) electrons. The van der Waals surface area contributed by atoms with Gasteiger partial charge in [0, 0.05) is 6.54 Å². The van der Waals surface area contributed by atoms with E-state index >= 15 is 0 Å². The molecule has 82 valence electrons. The minimum absolute atomic E-state index is 0.563. The van der Waals surface area contributed by atoms with Gasteiger partial charge in [0.2, 0.25) is 0 Å². The summed E-state index contributed by atoms with van der Waals surface area (Å²) >= 11 is 0. The third kappa shape index (κ3) is 4.66. The molecular weight excluding hydrogens is 186 g/mol. The van der Waals surface area contributed by atoms with Crippen LogP contribution in [0.4, 0.5) is 0 Å². The van der Waals surface area contributed by atoms with Gasteiger partial charge in [-0.1, -0.05) is 18.2 Å². The second kappa shape index (κ2) is 7.07. The first-order chi connectivity index (χ1) is 7.36. The van der Waals surface area contributed by atoms with Gasteiger partial charge in [-0.15, -0.1) is 6.58 Å². The number of ether oxygens (including phenoxy) is 1. The molecule has 0 atom stereocenters. The van der Waals surface area contributed by atoms with E-state index in [1.807, 2.05) is 30.3 Å². The molecule has 0 fully saturated rings. The summed E-state index contributed by atoms with van der Waals surface area (Å²) in [7, 11) is 0. The molecule has 2 heteroatoms. The molecule has 2 N–H and O–H groups in total. The third-order valence-corrected chi connectivity index (χ3v) is 2.21. The number of allylic oxidation sites excluding steroid dienone is 1. The highest BCUT2D eigenvalue weighted by Gasteiger charge is 1.95. The molecule has 15 heavy (non-hydrogen) atoms. The highest BCUT2D eigenvalue weighted by molar-refractivity contribution is 5.28. The van der Waals surface area contributed by atoms with Crippen LogP contribution in [0.2, 0.25) is 0 Å². The molecule has 0 bridgehead atoms. The van der Waals surface area contributed by atoms with Gasteiger partial charge in [0.15, 0.2) is 0 Å². The fourth-order valence-electron chi connectivity index (χ4n) is 1.34. The standard InChI is InChI=1S/C13H19NO/c1-2-3-4-5-9-15-13-8-6-7-12(10-13)11-14/h2,6-8,10H,1,3-5,9,11,14H2. The van der Waals surface area contributed by atoms with Gasteiger partial charge in [0.1, 0.15) is 5.75 Å². The number of benzene rings is 1. The number of hydrogen-bond acceptors (Lipinski definition) is 2. The summed E-state index contributed by atoms with van der Waals surface area (Å²) in [5.41, 5.74) is 6.66. The van der Waals surface area contributed by atoms with Gasteiger partial charge in [0.05, 0.1) is 6.61 Å². The quantitative estimate of drug-likeness (QED) is 0.548. The van der Waals surface area contributed by atoms with E-state index in [-0.39, 0.29) is 0 Å². The van der Waals surface area contributed by atoms with Gasteiger partial charge in [-0.3, -0.25) is 0 Å². The van der Waals surface area contributed by atoms with E-state index in [2.05, 4.69) is 6.58 Å². The zero-order valence-corrected chi connectivity index (χ0v) is 9.11. The molecule has 0 spiro atoms. The molecule has 0 unspecified atom stereocenters. The smallest absolute Gasteiger partial charge is 0.119 e. The van der Waals surface area contributed by atoms with Crippen molar-refractivity contribution in [2.75, 3.05) is 6.61 Å². The number of rotatable bonds is 7. The van der Waals surface area contributed by atoms with Crippen LogP contribution >= 0.6 is 0 Å². The van der Waals surface area contributed by atoms with E-state index in [1.165, 1.54) is 0 Å². The fraction of sp³-hybridized carbons (Fsp3) is 0.385. The van der Waals surface area contributed by atoms with Gasteiger partial charge >= 0.3 is 0 Å². The van der Waals surface area contributed by atoms with E-state index < -0.39 is 0 Å². The minimum atomic E-state index is 0.563. The van der Waals surface area contributed by atoms with Crippen molar-refractivity contribution < 1.29 is 4.74 Å². The topological polar surface area (TPSA) is 35.2 Å². The monoisotopic (exact) mass is 205 g/mol.